The molecule has 0 radical (unpaired) electrons. The van der Waals surface area contributed by atoms with Gasteiger partial charge in [-0.1, -0.05) is 125 Å². The Bertz CT molecular complexity index is 2330. The van der Waals surface area contributed by atoms with Crippen molar-refractivity contribution < 1.29 is 33.6 Å². The smallest absolute Gasteiger partial charge is 0.331 e. The molecule has 0 heterocycles. The van der Waals surface area contributed by atoms with Gasteiger partial charge in [0.05, 0.1) is 13.2 Å². The number of esters is 2. The monoisotopic (exact) mass is 1060 g/mol. The number of phenols is 1. The number of aromatic hydroxyl groups is 1. The number of hydrogen-bond acceptors (Lipinski definition) is 7. The molecule has 0 aliphatic rings. The van der Waals surface area contributed by atoms with E-state index in [1.165, 1.54) is 23.3 Å². The first-order valence-corrected chi connectivity index (χ1v) is 23.7. The van der Waals surface area contributed by atoms with Crippen LogP contribution in [-0.4, -0.2) is 46.8 Å². The minimum atomic E-state index is -0.473. The molecule has 0 saturated carbocycles. The van der Waals surface area contributed by atoms with E-state index in [-0.39, 0.29) is 19.4 Å². The first kappa shape index (κ1) is 57.4. The van der Waals surface area contributed by atoms with Gasteiger partial charge in [0, 0.05) is 26.4 Å². The Kier molecular flexibility index (Phi) is 26.7. The second-order valence-electron chi connectivity index (χ2n) is 16.1. The number of phenolic OH excluding ortho intramolecular Hbond substituents is 1. The molecule has 346 valence electrons. The molecule has 0 bridgehead atoms. The molecule has 0 aliphatic heterocycles. The number of fused-ring (bicyclic) bond motifs is 3. The number of halogens is 3. The van der Waals surface area contributed by atoms with E-state index >= 15 is 0 Å². The van der Waals surface area contributed by atoms with Crippen molar-refractivity contribution in [3.05, 3.63) is 142 Å². The van der Waals surface area contributed by atoms with Crippen LogP contribution in [0, 0.1) is 0 Å². The summed E-state index contributed by atoms with van der Waals surface area (Å²) >= 11 is 10.1. The Balaban J connectivity index is 0.000000434. The van der Waals surface area contributed by atoms with E-state index in [9.17, 15) is 14.7 Å². The lowest BCUT2D eigenvalue weighted by Crippen LogP contribution is -2.22. The summed E-state index contributed by atoms with van der Waals surface area (Å²) in [6, 6.07) is 35.8. The highest BCUT2D eigenvalue weighted by atomic mass is 79.9. The van der Waals surface area contributed by atoms with E-state index in [1.54, 1.807) is 18.2 Å². The third kappa shape index (κ3) is 23.9. The van der Waals surface area contributed by atoms with Crippen molar-refractivity contribution in [3.63, 3.8) is 0 Å². The molecule has 0 saturated heterocycles. The van der Waals surface area contributed by atoms with E-state index in [4.69, 9.17) is 18.9 Å². The highest BCUT2D eigenvalue weighted by Crippen LogP contribution is 2.26. The minimum absolute atomic E-state index is 0. The Morgan fingerprint density at radius 2 is 0.969 bits per heavy atom. The number of carbonyl (C=O) groups excluding carboxylic acids is 2. The van der Waals surface area contributed by atoms with Crippen molar-refractivity contribution in [2.75, 3.05) is 18.5 Å². The molecular weight excluding hydrogens is 1000 g/mol. The number of carbonyl (C=O) groups is 2. The Morgan fingerprint density at radius 1 is 0.578 bits per heavy atom. The third-order valence-electron chi connectivity index (χ3n) is 7.92. The molecule has 7 nitrogen and oxygen atoms in total. The molecule has 64 heavy (non-hydrogen) atoms. The first-order valence-electron chi connectivity index (χ1n) is 21.0. The number of alkyl halides is 1. The van der Waals surface area contributed by atoms with Gasteiger partial charge >= 0.3 is 11.9 Å². The molecular formula is C54H67Br3O7. The maximum absolute atomic E-state index is 11.7. The molecule has 0 fully saturated rings. The average molecular weight is 1070 g/mol. The fourth-order valence-corrected chi connectivity index (χ4v) is 5.97. The van der Waals surface area contributed by atoms with Crippen LogP contribution >= 0.6 is 47.8 Å². The fraction of sp³-hybridized carbons (Fsp3) is 0.333. The summed E-state index contributed by atoms with van der Waals surface area (Å²) in [6.07, 6.45) is 7.66. The Hall–Kier alpha value is -4.64. The minimum Gasteiger partial charge on any atom is -0.508 e. The van der Waals surface area contributed by atoms with Gasteiger partial charge in [0.2, 0.25) is 0 Å². The SMILES string of the molecule is C.C=CC(=O)OC(C)(C)C.CCCBr.CCCOc1ccc2cc(/C=C\C(=O)OC(C)(C)C)ccc2c1.CCCOc1ccc2cc(Br)ccc2c1.Oc1ccc2cc(Br)ccc2c1. The highest BCUT2D eigenvalue weighted by molar-refractivity contribution is 9.10. The summed E-state index contributed by atoms with van der Waals surface area (Å²) in [5.41, 5.74) is 0.0934. The summed E-state index contributed by atoms with van der Waals surface area (Å²) in [4.78, 5) is 22.2. The van der Waals surface area contributed by atoms with E-state index < -0.39 is 11.2 Å². The van der Waals surface area contributed by atoms with Crippen LogP contribution < -0.4 is 9.47 Å². The summed E-state index contributed by atoms with van der Waals surface area (Å²) in [5, 5.41) is 17.2. The summed E-state index contributed by atoms with van der Waals surface area (Å²) in [6.45, 7) is 22.1. The average Bonchev–Trinajstić information content (AvgIpc) is 3.23. The zero-order valence-corrected chi connectivity index (χ0v) is 42.9. The number of rotatable bonds is 10. The molecule has 1 N–H and O–H groups in total. The standard InChI is InChI=1S/C20H24O3.C13H13BrO.C10H7BrO.C7H12O2.C3H7Br.CH4/c1-5-12-22-18-10-9-16-13-15(6-8-17(16)14-18)7-11-19(21)23-20(2,3)4;1-2-7-15-13-6-4-10-8-12(14)5-3-11(10)9-13;11-9-3-1-8-6-10(12)4-2-7(8)5-9;1-5-6(8)9-7(2,3)4;1-2-3-4;/h6-11,13-14H,5,12H2,1-4H3;3-6,8-9H,2,7H2,1H3;1-6,12H;5H,1H2,2-4H3;2-3H2,1H3;1H4/b11-7-;;;;;. The Morgan fingerprint density at radius 3 is 1.39 bits per heavy atom. The summed E-state index contributed by atoms with van der Waals surface area (Å²) in [7, 11) is 0. The molecule has 10 heteroatoms. The van der Waals surface area contributed by atoms with Gasteiger partial charge in [0.15, 0.2) is 0 Å². The zero-order valence-electron chi connectivity index (χ0n) is 38.1. The largest absolute Gasteiger partial charge is 0.508 e. The van der Waals surface area contributed by atoms with Crippen molar-refractivity contribution in [2.24, 2.45) is 0 Å². The molecule has 0 spiro atoms. The lowest BCUT2D eigenvalue weighted by Gasteiger charge is -2.17. The van der Waals surface area contributed by atoms with Crippen LogP contribution in [0.1, 0.15) is 94.6 Å². The van der Waals surface area contributed by atoms with Crippen molar-refractivity contribution in [1.29, 1.82) is 0 Å². The Labute approximate surface area is 407 Å². The van der Waals surface area contributed by atoms with E-state index in [0.29, 0.717) is 5.75 Å². The van der Waals surface area contributed by atoms with Crippen molar-refractivity contribution in [3.8, 4) is 17.2 Å². The molecule has 0 aromatic heterocycles. The van der Waals surface area contributed by atoms with Crippen molar-refractivity contribution >= 4 is 98.1 Å². The molecule has 6 aromatic rings. The number of benzene rings is 6. The van der Waals surface area contributed by atoms with E-state index in [0.717, 1.165) is 85.0 Å². The molecule has 0 aliphatic carbocycles. The van der Waals surface area contributed by atoms with Crippen molar-refractivity contribution in [2.45, 2.75) is 100 Å². The third-order valence-corrected chi connectivity index (χ3v) is 9.70. The van der Waals surface area contributed by atoms with Crippen LogP contribution in [0.4, 0.5) is 0 Å². The van der Waals surface area contributed by atoms with Gasteiger partial charge < -0.3 is 24.1 Å². The summed E-state index contributed by atoms with van der Waals surface area (Å²) in [5.74, 6) is 1.44. The van der Waals surface area contributed by atoms with Gasteiger partial charge in [-0.05, 0) is 171 Å². The van der Waals surface area contributed by atoms with Gasteiger partial charge in [-0.15, -0.1) is 0 Å². The van der Waals surface area contributed by atoms with E-state index in [2.05, 4.69) is 99.4 Å². The highest BCUT2D eigenvalue weighted by Gasteiger charge is 2.14. The topological polar surface area (TPSA) is 91.3 Å². The second-order valence-corrected chi connectivity index (χ2v) is 18.7. The molecule has 6 aromatic carbocycles. The quantitative estimate of drug-likeness (QED) is 0.0830. The van der Waals surface area contributed by atoms with Gasteiger partial charge in [0.1, 0.15) is 28.5 Å². The molecule has 0 amide bonds. The maximum atomic E-state index is 11.7. The predicted octanol–water partition coefficient (Wildman–Crippen LogP) is 16.6. The maximum Gasteiger partial charge on any atom is 0.331 e. The van der Waals surface area contributed by atoms with Gasteiger partial charge in [-0.3, -0.25) is 0 Å². The fourth-order valence-electron chi connectivity index (χ4n) is 5.21. The predicted molar refractivity (Wildman–Crippen MR) is 282 cm³/mol. The van der Waals surface area contributed by atoms with Crippen LogP contribution in [0.25, 0.3) is 38.4 Å². The normalized spacial score (nSPS) is 10.6. The van der Waals surface area contributed by atoms with Crippen molar-refractivity contribution in [1.82, 2.24) is 0 Å². The second kappa shape index (κ2) is 29.7. The van der Waals surface area contributed by atoms with Gasteiger partial charge in [-0.25, -0.2) is 9.59 Å². The lowest BCUT2D eigenvalue weighted by atomic mass is 10.1. The van der Waals surface area contributed by atoms with Crippen LogP contribution in [0.3, 0.4) is 0 Å². The molecule has 6 rings (SSSR count). The van der Waals surface area contributed by atoms with Crippen LogP contribution in [0.5, 0.6) is 17.2 Å². The first-order chi connectivity index (χ1) is 29.8. The number of ether oxygens (including phenoxy) is 4. The van der Waals surface area contributed by atoms with Crippen LogP contribution in [0.2, 0.25) is 0 Å². The van der Waals surface area contributed by atoms with Gasteiger partial charge in [-0.2, -0.15) is 0 Å². The summed E-state index contributed by atoms with van der Waals surface area (Å²) < 4.78 is 23.5. The molecule has 0 atom stereocenters. The van der Waals surface area contributed by atoms with Gasteiger partial charge in [0.25, 0.3) is 0 Å². The lowest BCUT2D eigenvalue weighted by molar-refractivity contribution is -0.149. The molecule has 0 unspecified atom stereocenters. The van der Waals surface area contributed by atoms with E-state index in [1.807, 2.05) is 114 Å². The zero-order chi connectivity index (χ0) is 47.0. The van der Waals surface area contributed by atoms with Crippen LogP contribution in [-0.2, 0) is 19.1 Å². The number of hydrogen-bond donors (Lipinski definition) is 1. The van der Waals surface area contributed by atoms with Crippen LogP contribution in [0.15, 0.2) is 137 Å².